The molecule has 0 aliphatic carbocycles. The average molecular weight is 481 g/mol. The second-order valence-corrected chi connectivity index (χ2v) is 8.46. The Hall–Kier alpha value is -3.86. The van der Waals surface area contributed by atoms with Crippen molar-refractivity contribution in [2.75, 3.05) is 49.6 Å². The van der Waals surface area contributed by atoms with Crippen LogP contribution in [0.15, 0.2) is 42.6 Å². The summed E-state index contributed by atoms with van der Waals surface area (Å²) in [5.74, 6) is 0.996. The van der Waals surface area contributed by atoms with Gasteiger partial charge in [-0.3, -0.25) is 18.8 Å². The summed E-state index contributed by atoms with van der Waals surface area (Å²) in [4.78, 5) is 19.7. The lowest BCUT2D eigenvalue weighted by Crippen LogP contribution is -2.47. The van der Waals surface area contributed by atoms with Crippen molar-refractivity contribution in [2.45, 2.75) is 6.42 Å². The predicted octanol–water partition coefficient (Wildman–Crippen LogP) is 2.99. The molecule has 0 saturated carbocycles. The van der Waals surface area contributed by atoms with Gasteiger partial charge in [-0.05, 0) is 42.8 Å². The molecule has 9 nitrogen and oxygen atoms in total. The number of carbonyl (C=O) groups is 1. The van der Waals surface area contributed by atoms with Crippen LogP contribution in [-0.4, -0.2) is 75.1 Å². The Balaban J connectivity index is 1.58. The summed E-state index contributed by atoms with van der Waals surface area (Å²) >= 11 is 0. The van der Waals surface area contributed by atoms with Crippen LogP contribution >= 0.6 is 0 Å². The van der Waals surface area contributed by atoms with Gasteiger partial charge < -0.3 is 10.2 Å². The molecule has 1 saturated heterocycles. The Labute approximate surface area is 201 Å². The molecule has 0 unspecified atom stereocenters. The van der Waals surface area contributed by atoms with Gasteiger partial charge >= 0.3 is 0 Å². The number of benzene rings is 1. The summed E-state index contributed by atoms with van der Waals surface area (Å²) in [6, 6.07) is 9.96. The summed E-state index contributed by atoms with van der Waals surface area (Å²) in [6.45, 7) is 3.63. The largest absolute Gasteiger partial charge is 0.354 e. The Morgan fingerprint density at radius 2 is 1.83 bits per heavy atom. The van der Waals surface area contributed by atoms with E-state index in [4.69, 9.17) is 10.2 Å². The zero-order valence-electron chi connectivity index (χ0n) is 19.4. The van der Waals surface area contributed by atoms with Crippen LogP contribution in [-0.2, 0) is 11.8 Å². The van der Waals surface area contributed by atoms with Crippen molar-refractivity contribution in [1.29, 1.82) is 0 Å². The first-order chi connectivity index (χ1) is 17.1. The number of halogens is 2. The molecule has 1 N–H and O–H groups in total. The van der Waals surface area contributed by atoms with Crippen LogP contribution in [0.3, 0.4) is 0 Å². The third-order valence-corrected chi connectivity index (χ3v) is 6.20. The average Bonchev–Trinajstić information content (AvgIpc) is 3.43. The zero-order chi connectivity index (χ0) is 24.4. The Kier molecular flexibility index (Phi) is 6.41. The second-order valence-electron chi connectivity index (χ2n) is 8.46. The topological polar surface area (TPSA) is 83.6 Å². The molecule has 1 fully saturated rings. The highest BCUT2D eigenvalue weighted by atomic mass is 19.1. The molecular formula is C24H26F2N8O. The number of amides is 1. The molecular weight excluding hydrogens is 454 g/mol. The van der Waals surface area contributed by atoms with E-state index in [1.807, 2.05) is 23.9 Å². The van der Waals surface area contributed by atoms with Gasteiger partial charge in [0.05, 0.1) is 24.1 Å². The smallest absolute Gasteiger partial charge is 0.212 e. The van der Waals surface area contributed by atoms with Crippen LogP contribution < -0.4 is 10.2 Å². The van der Waals surface area contributed by atoms with E-state index in [-0.39, 0.29) is 12.5 Å². The lowest BCUT2D eigenvalue weighted by molar-refractivity contribution is -0.105. The van der Waals surface area contributed by atoms with Crippen LogP contribution in [0.4, 0.5) is 20.4 Å². The zero-order valence-corrected chi connectivity index (χ0v) is 19.4. The Bertz CT molecular complexity index is 1330. The quantitative estimate of drug-likeness (QED) is 0.391. The number of aryl methyl sites for hydroxylation is 1. The number of fused-ring (bicyclic) bond motifs is 1. The molecule has 0 bridgehead atoms. The summed E-state index contributed by atoms with van der Waals surface area (Å²) < 4.78 is 29.7. The van der Waals surface area contributed by atoms with Crippen LogP contribution in [0, 0.1) is 5.82 Å². The number of anilines is 2. The Morgan fingerprint density at radius 1 is 1.06 bits per heavy atom. The highest BCUT2D eigenvalue weighted by molar-refractivity contribution is 5.88. The number of alkyl halides is 1. The van der Waals surface area contributed by atoms with Gasteiger partial charge in [0, 0.05) is 45.3 Å². The van der Waals surface area contributed by atoms with Gasteiger partial charge in [0.2, 0.25) is 6.41 Å². The maximum Gasteiger partial charge on any atom is 0.212 e. The van der Waals surface area contributed by atoms with E-state index < -0.39 is 0 Å². The van der Waals surface area contributed by atoms with Crippen molar-refractivity contribution in [3.8, 4) is 22.5 Å². The van der Waals surface area contributed by atoms with E-state index in [0.29, 0.717) is 35.7 Å². The van der Waals surface area contributed by atoms with Crippen molar-refractivity contribution in [3.63, 3.8) is 0 Å². The second kappa shape index (κ2) is 9.79. The fraction of sp³-hybridized carbons (Fsp3) is 0.333. The van der Waals surface area contributed by atoms with Gasteiger partial charge in [0.15, 0.2) is 11.5 Å². The van der Waals surface area contributed by atoms with E-state index in [2.05, 4.69) is 20.1 Å². The molecule has 182 valence electrons. The van der Waals surface area contributed by atoms with Crippen LogP contribution in [0.2, 0.25) is 0 Å². The number of carbonyl (C=O) groups excluding carboxylic acids is 1. The Morgan fingerprint density at radius 3 is 2.54 bits per heavy atom. The normalized spacial score (nSPS) is 14.5. The maximum atomic E-state index is 13.7. The number of imidazole rings is 1. The molecule has 1 aromatic carbocycles. The molecule has 3 aromatic heterocycles. The van der Waals surface area contributed by atoms with E-state index in [0.717, 1.165) is 49.7 Å². The number of aromatic nitrogens is 5. The number of nitrogens with zero attached hydrogens (tertiary/aromatic N) is 7. The molecule has 4 heterocycles. The highest BCUT2D eigenvalue weighted by Crippen LogP contribution is 2.39. The standard InChI is InChI=1S/C24H26F2N8O/c1-31-24(33-13-11-32(12-14-33)10-2-9-25)22(23(30-31)17-3-5-18(26)6-4-17)19-7-8-21-28-20(27-16-35)15-34(21)29-19/h3-8,15-16H,2,9-14H2,1H3,(H,27,35). The van der Waals surface area contributed by atoms with Crippen LogP contribution in [0.25, 0.3) is 28.2 Å². The third kappa shape index (κ3) is 4.59. The first kappa shape index (κ1) is 22.9. The van der Waals surface area contributed by atoms with Gasteiger partial charge in [-0.2, -0.15) is 10.2 Å². The van der Waals surface area contributed by atoms with E-state index in [9.17, 15) is 13.6 Å². The van der Waals surface area contributed by atoms with Crippen molar-refractivity contribution in [1.82, 2.24) is 29.3 Å². The first-order valence-electron chi connectivity index (χ1n) is 11.5. The monoisotopic (exact) mass is 480 g/mol. The molecule has 1 aliphatic rings. The lowest BCUT2D eigenvalue weighted by Gasteiger charge is -2.36. The molecule has 0 spiro atoms. The predicted molar refractivity (Wildman–Crippen MR) is 130 cm³/mol. The molecule has 35 heavy (non-hydrogen) atoms. The minimum atomic E-state index is -0.316. The third-order valence-electron chi connectivity index (χ3n) is 6.20. The van der Waals surface area contributed by atoms with Gasteiger partial charge in [-0.1, -0.05) is 0 Å². The number of nitrogens with one attached hydrogen (secondary N) is 1. The minimum absolute atomic E-state index is 0.306. The lowest BCUT2D eigenvalue weighted by atomic mass is 10.0. The van der Waals surface area contributed by atoms with Gasteiger partial charge in [0.1, 0.15) is 17.3 Å². The molecule has 0 atom stereocenters. The van der Waals surface area contributed by atoms with E-state index >= 15 is 0 Å². The fourth-order valence-electron chi connectivity index (χ4n) is 4.54. The van der Waals surface area contributed by atoms with Crippen molar-refractivity contribution in [2.24, 2.45) is 7.05 Å². The van der Waals surface area contributed by atoms with Crippen molar-refractivity contribution < 1.29 is 13.6 Å². The van der Waals surface area contributed by atoms with Crippen molar-refractivity contribution >= 4 is 23.7 Å². The van der Waals surface area contributed by atoms with E-state index in [1.165, 1.54) is 12.1 Å². The summed E-state index contributed by atoms with van der Waals surface area (Å²) in [6.07, 6.45) is 2.76. The molecule has 5 rings (SSSR count). The van der Waals surface area contributed by atoms with E-state index in [1.54, 1.807) is 22.8 Å². The number of piperazine rings is 1. The highest BCUT2D eigenvalue weighted by Gasteiger charge is 2.27. The fourth-order valence-corrected chi connectivity index (χ4v) is 4.54. The molecule has 1 aliphatic heterocycles. The summed E-state index contributed by atoms with van der Waals surface area (Å²) in [5.41, 5.74) is 3.57. The summed E-state index contributed by atoms with van der Waals surface area (Å²) in [7, 11) is 1.89. The van der Waals surface area contributed by atoms with Gasteiger partial charge in [-0.25, -0.2) is 13.9 Å². The first-order valence-corrected chi connectivity index (χ1v) is 11.5. The maximum absolute atomic E-state index is 13.7. The number of rotatable bonds is 8. The molecule has 4 aromatic rings. The molecule has 0 radical (unpaired) electrons. The van der Waals surface area contributed by atoms with Gasteiger partial charge in [0.25, 0.3) is 0 Å². The van der Waals surface area contributed by atoms with Gasteiger partial charge in [-0.15, -0.1) is 0 Å². The number of hydrogen-bond donors (Lipinski definition) is 1. The minimum Gasteiger partial charge on any atom is -0.354 e. The van der Waals surface area contributed by atoms with Crippen LogP contribution in [0.5, 0.6) is 0 Å². The molecule has 1 amide bonds. The van der Waals surface area contributed by atoms with Crippen LogP contribution in [0.1, 0.15) is 6.42 Å². The summed E-state index contributed by atoms with van der Waals surface area (Å²) in [5, 5.41) is 12.1. The SMILES string of the molecule is Cn1nc(-c2ccc(F)cc2)c(-c2ccc3nc(NC=O)cn3n2)c1N1CCN(CCCF)CC1. The number of hydrogen-bond acceptors (Lipinski definition) is 6. The van der Waals surface area contributed by atoms with Crippen molar-refractivity contribution in [3.05, 3.63) is 48.4 Å². The molecule has 11 heteroatoms.